The minimum atomic E-state index is -0.305. The lowest BCUT2D eigenvalue weighted by atomic mass is 10.2. The molecule has 1 rings (SSSR count). The van der Waals surface area contributed by atoms with E-state index in [1.165, 1.54) is 0 Å². The summed E-state index contributed by atoms with van der Waals surface area (Å²) < 4.78 is 0.723. The first-order valence-corrected chi connectivity index (χ1v) is 6.33. The Morgan fingerprint density at radius 1 is 1.59 bits per heavy atom. The molecule has 0 bridgehead atoms. The molecule has 1 aromatic carbocycles. The first kappa shape index (κ1) is 14.3. The van der Waals surface area contributed by atoms with Gasteiger partial charge in [-0.2, -0.15) is 0 Å². The summed E-state index contributed by atoms with van der Waals surface area (Å²) in [6.45, 7) is 1.88. The number of aliphatic hydroxyl groups excluding tert-OH is 1. The van der Waals surface area contributed by atoms with Gasteiger partial charge in [0.25, 0.3) is 0 Å². The summed E-state index contributed by atoms with van der Waals surface area (Å²) in [6.07, 6.45) is 0.526. The van der Waals surface area contributed by atoms with E-state index in [0.717, 1.165) is 4.47 Å². The predicted molar refractivity (Wildman–Crippen MR) is 72.5 cm³/mol. The Balaban J connectivity index is 2.53. The van der Waals surface area contributed by atoms with Crippen molar-refractivity contribution in [2.75, 3.05) is 11.9 Å². The highest BCUT2D eigenvalue weighted by molar-refractivity contribution is 9.10. The summed E-state index contributed by atoms with van der Waals surface area (Å²) >= 11 is 9.11. The lowest BCUT2D eigenvalue weighted by Gasteiger charge is -2.13. The third kappa shape index (κ3) is 4.93. The third-order valence-electron chi connectivity index (χ3n) is 2.12. The van der Waals surface area contributed by atoms with Crippen LogP contribution in [-0.4, -0.2) is 23.8 Å². The second-order valence-corrected chi connectivity index (χ2v) is 4.90. The summed E-state index contributed by atoms with van der Waals surface area (Å²) in [7, 11) is 0. The molecule has 0 heterocycles. The van der Waals surface area contributed by atoms with E-state index >= 15 is 0 Å². The summed E-state index contributed by atoms with van der Waals surface area (Å²) in [5.41, 5.74) is 0.648. The molecule has 0 saturated heterocycles. The number of carbonyl (C=O) groups excluding carboxylic acids is 1. The van der Waals surface area contributed by atoms with Gasteiger partial charge in [0.05, 0.1) is 5.02 Å². The molecule has 3 N–H and O–H groups in total. The van der Waals surface area contributed by atoms with Gasteiger partial charge in [-0.3, -0.25) is 0 Å². The maximum Gasteiger partial charge on any atom is 0.319 e. The molecule has 2 amide bonds. The van der Waals surface area contributed by atoms with Crippen LogP contribution in [0.3, 0.4) is 0 Å². The summed E-state index contributed by atoms with van der Waals surface area (Å²) in [5.74, 6) is 0. The molecule has 94 valence electrons. The molecule has 4 nitrogen and oxygen atoms in total. The molecule has 0 radical (unpaired) electrons. The number of aliphatic hydroxyl groups is 1. The Labute approximate surface area is 113 Å². The van der Waals surface area contributed by atoms with Gasteiger partial charge in [0.15, 0.2) is 0 Å². The van der Waals surface area contributed by atoms with Crippen LogP contribution < -0.4 is 10.6 Å². The first-order chi connectivity index (χ1) is 8.02. The van der Waals surface area contributed by atoms with Gasteiger partial charge in [-0.05, 0) is 47.5 Å². The number of hydrogen-bond donors (Lipinski definition) is 3. The van der Waals surface area contributed by atoms with Crippen LogP contribution in [0.4, 0.5) is 10.5 Å². The van der Waals surface area contributed by atoms with Crippen LogP contribution >= 0.6 is 27.5 Å². The molecule has 1 atom stereocenters. The topological polar surface area (TPSA) is 61.4 Å². The summed E-state index contributed by atoms with van der Waals surface area (Å²) in [5, 5.41) is 14.7. The molecule has 17 heavy (non-hydrogen) atoms. The average molecular weight is 322 g/mol. The van der Waals surface area contributed by atoms with Crippen molar-refractivity contribution in [1.82, 2.24) is 5.32 Å². The number of carbonyl (C=O) groups is 1. The van der Waals surface area contributed by atoms with E-state index in [0.29, 0.717) is 17.1 Å². The Hall–Kier alpha value is -0.780. The maximum atomic E-state index is 11.5. The fourth-order valence-corrected chi connectivity index (χ4v) is 1.73. The quantitative estimate of drug-likeness (QED) is 0.798. The fourth-order valence-electron chi connectivity index (χ4n) is 1.23. The number of halogens is 2. The largest absolute Gasteiger partial charge is 0.396 e. The number of rotatable bonds is 4. The van der Waals surface area contributed by atoms with Crippen molar-refractivity contribution in [1.29, 1.82) is 0 Å². The van der Waals surface area contributed by atoms with Gasteiger partial charge in [0.2, 0.25) is 0 Å². The first-order valence-electron chi connectivity index (χ1n) is 5.16. The number of benzene rings is 1. The van der Waals surface area contributed by atoms with Gasteiger partial charge in [0, 0.05) is 22.8 Å². The lowest BCUT2D eigenvalue weighted by molar-refractivity contribution is 0.241. The SMILES string of the molecule is CC(CCO)NC(=O)Nc1ccc(Cl)c(Br)c1. The third-order valence-corrected chi connectivity index (χ3v) is 3.33. The highest BCUT2D eigenvalue weighted by Crippen LogP contribution is 2.25. The Kier molecular flexibility index (Phi) is 5.74. The molecule has 0 saturated carbocycles. The molecular weight excluding hydrogens is 307 g/mol. The van der Waals surface area contributed by atoms with E-state index in [9.17, 15) is 4.79 Å². The molecule has 0 aliphatic heterocycles. The van der Waals surface area contributed by atoms with E-state index in [-0.39, 0.29) is 18.7 Å². The van der Waals surface area contributed by atoms with Crippen molar-refractivity contribution in [3.8, 4) is 0 Å². The van der Waals surface area contributed by atoms with Gasteiger partial charge in [-0.25, -0.2) is 4.79 Å². The van der Waals surface area contributed by atoms with Crippen LogP contribution in [0.15, 0.2) is 22.7 Å². The summed E-state index contributed by atoms with van der Waals surface area (Å²) in [4.78, 5) is 11.5. The number of hydrogen-bond acceptors (Lipinski definition) is 2. The molecule has 0 fully saturated rings. The van der Waals surface area contributed by atoms with Crippen LogP contribution in [0.5, 0.6) is 0 Å². The number of nitrogens with one attached hydrogen (secondary N) is 2. The molecule has 1 unspecified atom stereocenters. The predicted octanol–water partition coefficient (Wildman–Crippen LogP) is 2.99. The zero-order valence-electron chi connectivity index (χ0n) is 9.34. The molecule has 0 aliphatic rings. The lowest BCUT2D eigenvalue weighted by Crippen LogP contribution is -2.36. The van der Waals surface area contributed by atoms with E-state index in [4.69, 9.17) is 16.7 Å². The van der Waals surface area contributed by atoms with Crippen LogP contribution in [0, 0.1) is 0 Å². The van der Waals surface area contributed by atoms with Crippen LogP contribution in [0.25, 0.3) is 0 Å². The maximum absolute atomic E-state index is 11.5. The molecular formula is C11H14BrClN2O2. The monoisotopic (exact) mass is 320 g/mol. The van der Waals surface area contributed by atoms with E-state index in [1.54, 1.807) is 18.2 Å². The molecule has 6 heteroatoms. The van der Waals surface area contributed by atoms with Gasteiger partial charge >= 0.3 is 6.03 Å². The normalized spacial score (nSPS) is 12.0. The zero-order valence-corrected chi connectivity index (χ0v) is 11.7. The van der Waals surface area contributed by atoms with Crippen LogP contribution in [-0.2, 0) is 0 Å². The second-order valence-electron chi connectivity index (χ2n) is 3.64. The summed E-state index contributed by atoms with van der Waals surface area (Å²) in [6, 6.07) is 4.75. The molecule has 0 aliphatic carbocycles. The minimum absolute atomic E-state index is 0.0495. The van der Waals surface area contributed by atoms with Gasteiger partial charge in [-0.1, -0.05) is 11.6 Å². The van der Waals surface area contributed by atoms with Gasteiger partial charge < -0.3 is 15.7 Å². The number of amides is 2. The van der Waals surface area contributed by atoms with Crippen molar-refractivity contribution in [3.05, 3.63) is 27.7 Å². The van der Waals surface area contributed by atoms with Crippen molar-refractivity contribution in [2.24, 2.45) is 0 Å². The molecule has 0 aromatic heterocycles. The van der Waals surface area contributed by atoms with Gasteiger partial charge in [-0.15, -0.1) is 0 Å². The van der Waals surface area contributed by atoms with Crippen molar-refractivity contribution >= 4 is 39.2 Å². The smallest absolute Gasteiger partial charge is 0.319 e. The van der Waals surface area contributed by atoms with Crippen molar-refractivity contribution in [3.63, 3.8) is 0 Å². The number of urea groups is 1. The van der Waals surface area contributed by atoms with Crippen LogP contribution in [0.2, 0.25) is 5.02 Å². The van der Waals surface area contributed by atoms with Gasteiger partial charge in [0.1, 0.15) is 0 Å². The van der Waals surface area contributed by atoms with Crippen molar-refractivity contribution in [2.45, 2.75) is 19.4 Å². The molecule has 1 aromatic rings. The van der Waals surface area contributed by atoms with E-state index in [1.807, 2.05) is 6.92 Å². The van der Waals surface area contributed by atoms with E-state index < -0.39 is 0 Å². The minimum Gasteiger partial charge on any atom is -0.396 e. The average Bonchev–Trinajstić information content (AvgIpc) is 2.23. The zero-order chi connectivity index (χ0) is 12.8. The van der Waals surface area contributed by atoms with Crippen molar-refractivity contribution < 1.29 is 9.90 Å². The highest BCUT2D eigenvalue weighted by Gasteiger charge is 2.07. The number of anilines is 1. The Morgan fingerprint density at radius 2 is 2.29 bits per heavy atom. The van der Waals surface area contributed by atoms with Crippen LogP contribution in [0.1, 0.15) is 13.3 Å². The standard InChI is InChI=1S/C11H14BrClN2O2/c1-7(4-5-16)14-11(17)15-8-2-3-10(13)9(12)6-8/h2-3,6-7,16H,4-5H2,1H3,(H2,14,15,17). The Bertz CT molecular complexity index is 401. The Morgan fingerprint density at radius 3 is 2.88 bits per heavy atom. The highest BCUT2D eigenvalue weighted by atomic mass is 79.9. The second kappa shape index (κ2) is 6.83. The fraction of sp³-hybridized carbons (Fsp3) is 0.364. The molecule has 0 spiro atoms. The van der Waals surface area contributed by atoms with E-state index in [2.05, 4.69) is 26.6 Å².